The predicted octanol–water partition coefficient (Wildman–Crippen LogP) is 3.61. The lowest BCUT2D eigenvalue weighted by Crippen LogP contribution is -2.15. The third-order valence-corrected chi connectivity index (χ3v) is 4.33. The van der Waals surface area contributed by atoms with Crippen LogP contribution in [0.3, 0.4) is 0 Å². The number of hydrogen-bond acceptors (Lipinski definition) is 4. The molecule has 0 fully saturated rings. The van der Waals surface area contributed by atoms with Crippen molar-refractivity contribution in [3.05, 3.63) is 36.0 Å². The van der Waals surface area contributed by atoms with Crippen LogP contribution >= 0.6 is 11.8 Å². The zero-order valence-electron chi connectivity index (χ0n) is 11.5. The molecule has 2 aromatic rings. The van der Waals surface area contributed by atoms with Crippen molar-refractivity contribution in [2.24, 2.45) is 10.9 Å². The van der Waals surface area contributed by atoms with E-state index in [4.69, 9.17) is 10.9 Å². The molecule has 1 aromatic carbocycles. The molecule has 5 heteroatoms. The summed E-state index contributed by atoms with van der Waals surface area (Å²) in [5.41, 5.74) is 7.40. The van der Waals surface area contributed by atoms with Gasteiger partial charge in [-0.05, 0) is 18.2 Å². The van der Waals surface area contributed by atoms with E-state index in [1.165, 1.54) is 12.8 Å². The Kier molecular flexibility index (Phi) is 5.24. The summed E-state index contributed by atoms with van der Waals surface area (Å²) in [5.74, 6) is 1.13. The molecule has 0 aliphatic heterocycles. The summed E-state index contributed by atoms with van der Waals surface area (Å²) < 4.78 is 0. The van der Waals surface area contributed by atoms with Gasteiger partial charge in [-0.2, -0.15) is 0 Å². The summed E-state index contributed by atoms with van der Waals surface area (Å²) in [6.45, 7) is 2.19. The zero-order valence-corrected chi connectivity index (χ0v) is 12.4. The van der Waals surface area contributed by atoms with Gasteiger partial charge in [-0.15, -0.1) is 11.8 Å². The number of fused-ring (bicyclic) bond motifs is 1. The Morgan fingerprint density at radius 1 is 1.35 bits per heavy atom. The third kappa shape index (κ3) is 3.22. The Hall–Kier alpha value is -1.75. The average molecular weight is 289 g/mol. The summed E-state index contributed by atoms with van der Waals surface area (Å²) in [6.07, 6.45) is 5.26. The van der Waals surface area contributed by atoms with Crippen molar-refractivity contribution in [1.29, 1.82) is 0 Å². The molecule has 0 bridgehead atoms. The Morgan fingerprint density at radius 3 is 2.90 bits per heavy atom. The normalized spacial score (nSPS) is 11.9. The van der Waals surface area contributed by atoms with Gasteiger partial charge in [-0.25, -0.2) is 0 Å². The van der Waals surface area contributed by atoms with E-state index in [0.717, 1.165) is 28.0 Å². The van der Waals surface area contributed by atoms with E-state index in [1.807, 2.05) is 24.3 Å². The summed E-state index contributed by atoms with van der Waals surface area (Å²) >= 11 is 1.75. The molecule has 3 N–H and O–H groups in total. The number of nitrogens with two attached hydrogens (primary N) is 1. The van der Waals surface area contributed by atoms with Crippen molar-refractivity contribution in [3.8, 4) is 0 Å². The highest BCUT2D eigenvalue weighted by atomic mass is 32.2. The van der Waals surface area contributed by atoms with E-state index in [-0.39, 0.29) is 5.84 Å². The lowest BCUT2D eigenvalue weighted by molar-refractivity contribution is 0.318. The molecule has 0 saturated heterocycles. The second-order valence-corrected chi connectivity index (χ2v) is 5.66. The van der Waals surface area contributed by atoms with E-state index in [0.29, 0.717) is 5.56 Å². The lowest BCUT2D eigenvalue weighted by Gasteiger charge is -2.11. The summed E-state index contributed by atoms with van der Waals surface area (Å²) in [4.78, 5) is 5.41. The van der Waals surface area contributed by atoms with Gasteiger partial charge >= 0.3 is 0 Å². The standard InChI is InChI=1S/C15H19N3OS/c1-2-3-6-9-20-14-11-7-4-5-8-13(11)17-10-12(14)15(16)18-19/h4-5,7-8,10,19H,2-3,6,9H2,1H3,(H2,16,18). The van der Waals surface area contributed by atoms with E-state index < -0.39 is 0 Å². The number of unbranched alkanes of at least 4 members (excludes halogenated alkanes) is 2. The van der Waals surface area contributed by atoms with Crippen LogP contribution in [0.2, 0.25) is 0 Å². The van der Waals surface area contributed by atoms with Gasteiger partial charge in [0.15, 0.2) is 5.84 Å². The number of thioether (sulfide) groups is 1. The molecule has 0 atom stereocenters. The highest BCUT2D eigenvalue weighted by molar-refractivity contribution is 7.99. The molecule has 1 aromatic heterocycles. The van der Waals surface area contributed by atoms with Gasteiger partial charge in [0, 0.05) is 16.5 Å². The minimum Gasteiger partial charge on any atom is -0.409 e. The van der Waals surface area contributed by atoms with Gasteiger partial charge in [0.1, 0.15) is 0 Å². The van der Waals surface area contributed by atoms with Crippen molar-refractivity contribution in [1.82, 2.24) is 4.98 Å². The fourth-order valence-corrected chi connectivity index (χ4v) is 3.23. The minimum absolute atomic E-state index is 0.112. The van der Waals surface area contributed by atoms with Crippen molar-refractivity contribution in [3.63, 3.8) is 0 Å². The number of benzene rings is 1. The smallest absolute Gasteiger partial charge is 0.172 e. The largest absolute Gasteiger partial charge is 0.409 e. The highest BCUT2D eigenvalue weighted by Crippen LogP contribution is 2.31. The Balaban J connectivity index is 2.39. The second kappa shape index (κ2) is 7.14. The van der Waals surface area contributed by atoms with E-state index >= 15 is 0 Å². The van der Waals surface area contributed by atoms with Crippen LogP contribution in [0.25, 0.3) is 10.9 Å². The minimum atomic E-state index is 0.112. The third-order valence-electron chi connectivity index (χ3n) is 3.10. The fourth-order valence-electron chi connectivity index (χ4n) is 2.03. The molecule has 0 aliphatic rings. The molecule has 0 radical (unpaired) electrons. The Bertz CT molecular complexity index is 613. The number of rotatable bonds is 6. The molecule has 4 nitrogen and oxygen atoms in total. The van der Waals surface area contributed by atoms with Gasteiger partial charge in [-0.3, -0.25) is 4.98 Å². The molecular weight excluding hydrogens is 270 g/mol. The van der Waals surface area contributed by atoms with Crippen LogP contribution in [0.15, 0.2) is 40.5 Å². The first-order valence-corrected chi connectivity index (χ1v) is 7.75. The van der Waals surface area contributed by atoms with Crippen LogP contribution < -0.4 is 5.73 Å². The first-order valence-electron chi connectivity index (χ1n) is 6.76. The molecule has 106 valence electrons. The highest BCUT2D eigenvalue weighted by Gasteiger charge is 2.12. The summed E-state index contributed by atoms with van der Waals surface area (Å²) in [5, 5.41) is 13.1. The maximum atomic E-state index is 8.92. The SMILES string of the molecule is CCCCCSc1c(/C(N)=N/O)cnc2ccccc12. The molecule has 0 unspecified atom stereocenters. The number of nitrogens with zero attached hydrogens (tertiary/aromatic N) is 2. The van der Waals surface area contributed by atoms with Crippen molar-refractivity contribution in [2.45, 2.75) is 31.1 Å². The van der Waals surface area contributed by atoms with E-state index in [2.05, 4.69) is 17.1 Å². The van der Waals surface area contributed by atoms with Crippen LogP contribution in [0.1, 0.15) is 31.7 Å². The summed E-state index contributed by atoms with van der Waals surface area (Å²) in [7, 11) is 0. The van der Waals surface area contributed by atoms with Crippen molar-refractivity contribution >= 4 is 28.5 Å². The van der Waals surface area contributed by atoms with Crippen LogP contribution in [-0.4, -0.2) is 21.8 Å². The van der Waals surface area contributed by atoms with E-state index in [1.54, 1.807) is 18.0 Å². The van der Waals surface area contributed by atoms with Gasteiger partial charge < -0.3 is 10.9 Å². The van der Waals surface area contributed by atoms with Crippen molar-refractivity contribution in [2.75, 3.05) is 5.75 Å². The average Bonchev–Trinajstić information content (AvgIpc) is 2.50. The zero-order chi connectivity index (χ0) is 14.4. The predicted molar refractivity (Wildman–Crippen MR) is 84.5 cm³/mol. The van der Waals surface area contributed by atoms with Crippen LogP contribution in [-0.2, 0) is 0 Å². The topological polar surface area (TPSA) is 71.5 Å². The number of aromatic nitrogens is 1. The molecule has 0 saturated carbocycles. The molecule has 0 amide bonds. The van der Waals surface area contributed by atoms with Gasteiger partial charge in [0.25, 0.3) is 0 Å². The van der Waals surface area contributed by atoms with Crippen LogP contribution in [0.5, 0.6) is 0 Å². The lowest BCUT2D eigenvalue weighted by atomic mass is 10.1. The maximum Gasteiger partial charge on any atom is 0.172 e. The first kappa shape index (κ1) is 14.7. The summed E-state index contributed by atoms with van der Waals surface area (Å²) in [6, 6.07) is 7.94. The molecule has 1 heterocycles. The van der Waals surface area contributed by atoms with Crippen LogP contribution in [0.4, 0.5) is 0 Å². The molecule has 2 rings (SSSR count). The van der Waals surface area contributed by atoms with Gasteiger partial charge in [-0.1, -0.05) is 43.1 Å². The quantitative estimate of drug-likeness (QED) is 0.213. The Labute approximate surface area is 123 Å². The number of pyridine rings is 1. The maximum absolute atomic E-state index is 8.92. The fraction of sp³-hybridized carbons (Fsp3) is 0.333. The number of oxime groups is 1. The number of amidine groups is 1. The molecule has 20 heavy (non-hydrogen) atoms. The number of hydrogen-bond donors (Lipinski definition) is 2. The Morgan fingerprint density at radius 2 is 2.15 bits per heavy atom. The number of para-hydroxylation sites is 1. The monoisotopic (exact) mass is 289 g/mol. The molecular formula is C15H19N3OS. The molecule has 0 aliphatic carbocycles. The van der Waals surface area contributed by atoms with Crippen molar-refractivity contribution < 1.29 is 5.21 Å². The second-order valence-electron chi connectivity index (χ2n) is 4.56. The van der Waals surface area contributed by atoms with Crippen LogP contribution in [0, 0.1) is 0 Å². The van der Waals surface area contributed by atoms with Gasteiger partial charge in [0.2, 0.25) is 0 Å². The van der Waals surface area contributed by atoms with Gasteiger partial charge in [0.05, 0.1) is 11.1 Å². The first-order chi connectivity index (χ1) is 9.77. The van der Waals surface area contributed by atoms with E-state index in [9.17, 15) is 0 Å². The molecule has 0 spiro atoms.